The van der Waals surface area contributed by atoms with Crippen molar-refractivity contribution in [3.63, 3.8) is 0 Å². The van der Waals surface area contributed by atoms with Crippen LogP contribution < -0.4 is 5.32 Å². The first kappa shape index (κ1) is 14.6. The Morgan fingerprint density at radius 3 is 2.89 bits per heavy atom. The second kappa shape index (κ2) is 7.75. The number of carbonyl (C=O) groups excluding carboxylic acids is 1. The predicted molar refractivity (Wildman–Crippen MR) is 69.4 cm³/mol. The summed E-state index contributed by atoms with van der Waals surface area (Å²) in [5.74, 6) is 0.424. The second-order valence-corrected chi connectivity index (χ2v) is 4.88. The molecule has 0 aliphatic rings. The topological polar surface area (TPSA) is 95.1 Å². The van der Waals surface area contributed by atoms with Crippen LogP contribution in [0.25, 0.3) is 0 Å². The Kier molecular flexibility index (Phi) is 6.27. The smallest absolute Gasteiger partial charge is 0.303 e. The van der Waals surface area contributed by atoms with Crippen LogP contribution in [0, 0.1) is 6.92 Å². The number of amides is 1. The van der Waals surface area contributed by atoms with E-state index >= 15 is 0 Å². The molecule has 1 aromatic heterocycles. The summed E-state index contributed by atoms with van der Waals surface area (Å²) in [4.78, 5) is 28.6. The van der Waals surface area contributed by atoms with Gasteiger partial charge in [0, 0.05) is 30.2 Å². The van der Waals surface area contributed by atoms with Crippen molar-refractivity contribution in [2.75, 3.05) is 12.3 Å². The van der Waals surface area contributed by atoms with Crippen molar-refractivity contribution in [1.29, 1.82) is 0 Å². The van der Waals surface area contributed by atoms with Crippen molar-refractivity contribution in [3.05, 3.63) is 17.7 Å². The van der Waals surface area contributed by atoms with Gasteiger partial charge in [-0.3, -0.25) is 9.59 Å². The molecule has 0 spiro atoms. The number of aliphatic carboxylic acids is 1. The maximum absolute atomic E-state index is 11.2. The fourth-order valence-electron chi connectivity index (χ4n) is 1.27. The molecule has 1 rings (SSSR count). The third kappa shape index (κ3) is 5.72. The molecule has 0 saturated carbocycles. The third-order valence-electron chi connectivity index (χ3n) is 2.31. The Bertz CT molecular complexity index is 406. The quantitative estimate of drug-likeness (QED) is 0.611. The van der Waals surface area contributed by atoms with Crippen molar-refractivity contribution in [2.45, 2.75) is 25.5 Å². The molecule has 3 N–H and O–H groups in total. The van der Waals surface area contributed by atoms with Crippen molar-refractivity contribution in [2.24, 2.45) is 0 Å². The number of hydrogen-bond acceptors (Lipinski definition) is 4. The van der Waals surface area contributed by atoms with Gasteiger partial charge in [0.05, 0.1) is 18.4 Å². The van der Waals surface area contributed by atoms with E-state index in [0.717, 1.165) is 22.9 Å². The minimum Gasteiger partial charge on any atom is -0.481 e. The molecule has 7 heteroatoms. The van der Waals surface area contributed by atoms with Crippen LogP contribution in [0.2, 0.25) is 0 Å². The Morgan fingerprint density at radius 2 is 2.28 bits per heavy atom. The molecule has 100 valence electrons. The van der Waals surface area contributed by atoms with Crippen LogP contribution in [0.5, 0.6) is 0 Å². The van der Waals surface area contributed by atoms with Gasteiger partial charge < -0.3 is 15.4 Å². The van der Waals surface area contributed by atoms with Gasteiger partial charge in [-0.05, 0) is 6.92 Å². The largest absolute Gasteiger partial charge is 0.481 e. The van der Waals surface area contributed by atoms with Gasteiger partial charge in [-0.2, -0.15) is 11.8 Å². The summed E-state index contributed by atoms with van der Waals surface area (Å²) >= 11 is 1.68. The lowest BCUT2D eigenvalue weighted by Crippen LogP contribution is -2.26. The number of rotatable bonds is 8. The second-order valence-electron chi connectivity index (χ2n) is 3.77. The molecule has 1 amide bonds. The number of carboxylic acids is 1. The fourth-order valence-corrected chi connectivity index (χ4v) is 2.15. The van der Waals surface area contributed by atoms with E-state index in [4.69, 9.17) is 5.11 Å². The number of imidazole rings is 1. The number of aromatic nitrogens is 2. The van der Waals surface area contributed by atoms with Crippen LogP contribution in [0.4, 0.5) is 0 Å². The first-order valence-electron chi connectivity index (χ1n) is 5.64. The van der Waals surface area contributed by atoms with Crippen LogP contribution in [-0.2, 0) is 15.3 Å². The van der Waals surface area contributed by atoms with Crippen molar-refractivity contribution in [3.8, 4) is 0 Å². The number of carboxylic acid groups (broad SMARTS) is 1. The number of aryl methyl sites for hydroxylation is 1. The standard InChI is InChI=1S/C11H17N3O3S/c1-8-9(14-7-13-8)6-18-5-4-12-10(15)2-3-11(16)17/h7H,2-6H2,1H3,(H,12,15)(H,13,14)(H,16,17). The minimum absolute atomic E-state index is 0.0402. The maximum atomic E-state index is 11.2. The van der Waals surface area contributed by atoms with Gasteiger partial charge in [0.25, 0.3) is 0 Å². The maximum Gasteiger partial charge on any atom is 0.303 e. The molecule has 1 heterocycles. The van der Waals surface area contributed by atoms with Gasteiger partial charge in [0.2, 0.25) is 5.91 Å². The van der Waals surface area contributed by atoms with Crippen LogP contribution in [0.15, 0.2) is 6.33 Å². The van der Waals surface area contributed by atoms with Gasteiger partial charge in [0.1, 0.15) is 0 Å². The van der Waals surface area contributed by atoms with E-state index in [9.17, 15) is 9.59 Å². The van der Waals surface area contributed by atoms with Crippen molar-refractivity contribution in [1.82, 2.24) is 15.3 Å². The number of thioether (sulfide) groups is 1. The summed E-state index contributed by atoms with van der Waals surface area (Å²) in [5.41, 5.74) is 2.09. The zero-order valence-corrected chi connectivity index (χ0v) is 11.0. The average molecular weight is 271 g/mol. The lowest BCUT2D eigenvalue weighted by molar-refractivity contribution is -0.138. The fraction of sp³-hybridized carbons (Fsp3) is 0.545. The molecule has 0 unspecified atom stereocenters. The zero-order valence-electron chi connectivity index (χ0n) is 10.2. The van der Waals surface area contributed by atoms with E-state index in [1.807, 2.05) is 6.92 Å². The normalized spacial score (nSPS) is 10.3. The molecule has 1 aromatic rings. The third-order valence-corrected chi connectivity index (χ3v) is 3.28. The lowest BCUT2D eigenvalue weighted by atomic mass is 10.3. The first-order valence-corrected chi connectivity index (χ1v) is 6.80. The molecular weight excluding hydrogens is 254 g/mol. The highest BCUT2D eigenvalue weighted by atomic mass is 32.2. The highest BCUT2D eigenvalue weighted by Crippen LogP contribution is 2.11. The molecule has 0 saturated heterocycles. The van der Waals surface area contributed by atoms with Gasteiger partial charge in [-0.1, -0.05) is 0 Å². The van der Waals surface area contributed by atoms with Crippen LogP contribution in [0.3, 0.4) is 0 Å². The van der Waals surface area contributed by atoms with Crippen LogP contribution in [-0.4, -0.2) is 39.2 Å². The Balaban J connectivity index is 2.03. The monoisotopic (exact) mass is 271 g/mol. The lowest BCUT2D eigenvalue weighted by Gasteiger charge is -2.03. The van der Waals surface area contributed by atoms with Crippen LogP contribution in [0.1, 0.15) is 24.2 Å². The highest BCUT2D eigenvalue weighted by molar-refractivity contribution is 7.98. The van der Waals surface area contributed by atoms with E-state index in [0.29, 0.717) is 6.54 Å². The molecule has 18 heavy (non-hydrogen) atoms. The summed E-state index contributed by atoms with van der Waals surface area (Å²) in [6, 6.07) is 0. The molecule has 6 nitrogen and oxygen atoms in total. The number of H-pyrrole nitrogens is 1. The predicted octanol–water partition coefficient (Wildman–Crippen LogP) is 0.932. The Morgan fingerprint density at radius 1 is 1.50 bits per heavy atom. The summed E-state index contributed by atoms with van der Waals surface area (Å²) in [6.45, 7) is 2.52. The SMILES string of the molecule is Cc1[nH]cnc1CSCCNC(=O)CCC(=O)O. The minimum atomic E-state index is -0.950. The van der Waals surface area contributed by atoms with E-state index in [1.165, 1.54) is 0 Å². The molecule has 0 fully saturated rings. The zero-order chi connectivity index (χ0) is 13.4. The molecular formula is C11H17N3O3S. The number of aromatic amines is 1. The number of nitrogens with zero attached hydrogens (tertiary/aromatic N) is 1. The number of nitrogens with one attached hydrogen (secondary N) is 2. The van der Waals surface area contributed by atoms with Gasteiger partial charge in [0.15, 0.2) is 0 Å². The summed E-state index contributed by atoms with van der Waals surface area (Å²) in [7, 11) is 0. The van der Waals surface area contributed by atoms with E-state index in [2.05, 4.69) is 15.3 Å². The van der Waals surface area contributed by atoms with E-state index in [-0.39, 0.29) is 18.7 Å². The van der Waals surface area contributed by atoms with Gasteiger partial charge in [-0.15, -0.1) is 0 Å². The molecule has 0 aromatic carbocycles. The molecule has 0 aliphatic heterocycles. The summed E-state index contributed by atoms with van der Waals surface area (Å²) in [6.07, 6.45) is 1.59. The van der Waals surface area contributed by atoms with E-state index in [1.54, 1.807) is 18.1 Å². The number of carbonyl (C=O) groups is 2. The summed E-state index contributed by atoms with van der Waals surface area (Å²) < 4.78 is 0. The van der Waals surface area contributed by atoms with Crippen LogP contribution >= 0.6 is 11.8 Å². The molecule has 0 aliphatic carbocycles. The van der Waals surface area contributed by atoms with E-state index < -0.39 is 5.97 Å². The Hall–Kier alpha value is -1.50. The molecule has 0 atom stereocenters. The molecule has 0 radical (unpaired) electrons. The van der Waals surface area contributed by atoms with Gasteiger partial charge >= 0.3 is 5.97 Å². The first-order chi connectivity index (χ1) is 8.59. The van der Waals surface area contributed by atoms with Gasteiger partial charge in [-0.25, -0.2) is 4.98 Å². The Labute approximate surface area is 110 Å². The molecule has 0 bridgehead atoms. The van der Waals surface area contributed by atoms with Crippen molar-refractivity contribution < 1.29 is 14.7 Å². The number of hydrogen-bond donors (Lipinski definition) is 3. The average Bonchev–Trinajstić information content (AvgIpc) is 2.72. The highest BCUT2D eigenvalue weighted by Gasteiger charge is 2.05. The van der Waals surface area contributed by atoms with Crippen molar-refractivity contribution >= 4 is 23.6 Å². The summed E-state index contributed by atoms with van der Waals surface area (Å²) in [5, 5.41) is 11.1.